The first-order valence-electron chi connectivity index (χ1n) is 14.6. The summed E-state index contributed by atoms with van der Waals surface area (Å²) in [5, 5.41) is 39.3. The minimum atomic E-state index is -1.13. The van der Waals surface area contributed by atoms with Gasteiger partial charge in [-0.15, -0.1) is 0 Å². The second-order valence-corrected chi connectivity index (χ2v) is 10.7. The number of aromatic nitrogens is 1. The first kappa shape index (κ1) is 31.0. The second-order valence-electron chi connectivity index (χ2n) is 10.7. The third-order valence-electron chi connectivity index (χ3n) is 7.45. The number of amides is 2. The Morgan fingerprint density at radius 1 is 0.844 bits per heavy atom. The summed E-state index contributed by atoms with van der Waals surface area (Å²) in [6, 6.07) is 28.7. The number of carbonyl (C=O) groups excluding carboxylic acids is 1. The van der Waals surface area contributed by atoms with Crippen molar-refractivity contribution in [3.63, 3.8) is 0 Å². The molecule has 7 N–H and O–H groups in total. The summed E-state index contributed by atoms with van der Waals surface area (Å²) < 4.78 is 0. The quantitative estimate of drug-likeness (QED) is 0.0947. The first-order chi connectivity index (χ1) is 21.8. The van der Waals surface area contributed by atoms with Gasteiger partial charge in [0.05, 0.1) is 17.3 Å². The molecule has 0 aliphatic carbocycles. The molecule has 0 bridgehead atoms. The largest absolute Gasteiger partial charge is 0.506 e. The lowest BCUT2D eigenvalue weighted by Crippen LogP contribution is -2.21. The van der Waals surface area contributed by atoms with Crippen LogP contribution in [0.25, 0.3) is 22.0 Å². The number of aromatic amines is 1. The normalized spacial score (nSPS) is 11.7. The number of pyridine rings is 1. The molecule has 0 radical (unpaired) electrons. The number of rotatable bonds is 12. The maximum Gasteiger partial charge on any atom is 0.409 e. The van der Waals surface area contributed by atoms with Gasteiger partial charge in [-0.3, -0.25) is 14.9 Å². The highest BCUT2D eigenvalue weighted by Gasteiger charge is 2.14. The molecule has 5 aromatic rings. The molecule has 0 saturated carbocycles. The zero-order valence-corrected chi connectivity index (χ0v) is 24.4. The van der Waals surface area contributed by atoms with Crippen LogP contribution in [-0.4, -0.2) is 38.8 Å². The third kappa shape index (κ3) is 8.14. The zero-order chi connectivity index (χ0) is 31.8. The van der Waals surface area contributed by atoms with Crippen LogP contribution in [0.2, 0.25) is 0 Å². The van der Waals surface area contributed by atoms with Crippen molar-refractivity contribution in [3.8, 4) is 16.9 Å². The molecule has 45 heavy (non-hydrogen) atoms. The van der Waals surface area contributed by atoms with E-state index in [4.69, 9.17) is 0 Å². The van der Waals surface area contributed by atoms with E-state index >= 15 is 0 Å². The molecule has 1 heterocycles. The van der Waals surface area contributed by atoms with Crippen molar-refractivity contribution in [2.45, 2.75) is 31.9 Å². The summed E-state index contributed by atoms with van der Waals surface area (Å²) in [4.78, 5) is 38.2. The number of aryl methyl sites for hydroxylation is 1. The number of H-pyrrole nitrogens is 1. The van der Waals surface area contributed by atoms with Crippen molar-refractivity contribution >= 4 is 34.3 Å². The van der Waals surface area contributed by atoms with E-state index in [0.29, 0.717) is 48.1 Å². The van der Waals surface area contributed by atoms with Gasteiger partial charge in [-0.05, 0) is 65.4 Å². The van der Waals surface area contributed by atoms with Gasteiger partial charge < -0.3 is 30.9 Å². The number of carbonyl (C=O) groups is 2. The number of phenolic OH excluding ortho intramolecular Hbond substituents is 1. The molecule has 2 amide bonds. The molecule has 10 heteroatoms. The maximum atomic E-state index is 12.6. The smallest absolute Gasteiger partial charge is 0.409 e. The first-order valence-corrected chi connectivity index (χ1v) is 14.6. The van der Waals surface area contributed by atoms with Gasteiger partial charge in [0.1, 0.15) is 5.75 Å². The van der Waals surface area contributed by atoms with E-state index in [0.717, 1.165) is 22.3 Å². The van der Waals surface area contributed by atoms with Crippen molar-refractivity contribution in [2.24, 2.45) is 0 Å². The average Bonchev–Trinajstić information content (AvgIpc) is 3.02. The number of aliphatic hydroxyl groups is 1. The van der Waals surface area contributed by atoms with E-state index in [-0.39, 0.29) is 29.3 Å². The van der Waals surface area contributed by atoms with E-state index in [1.807, 2.05) is 72.8 Å². The molecular weight excluding hydrogens is 572 g/mol. The Morgan fingerprint density at radius 2 is 1.60 bits per heavy atom. The molecule has 0 aliphatic rings. The highest BCUT2D eigenvalue weighted by atomic mass is 16.4. The van der Waals surface area contributed by atoms with Crippen molar-refractivity contribution in [3.05, 3.63) is 124 Å². The number of hydrogen-bond donors (Lipinski definition) is 7. The van der Waals surface area contributed by atoms with Crippen molar-refractivity contribution < 1.29 is 24.9 Å². The van der Waals surface area contributed by atoms with E-state index in [1.165, 1.54) is 12.1 Å². The fourth-order valence-electron chi connectivity index (χ4n) is 5.23. The number of carboxylic acid groups (broad SMARTS) is 1. The molecule has 1 atom stereocenters. The van der Waals surface area contributed by atoms with Crippen LogP contribution in [0.5, 0.6) is 5.75 Å². The Morgan fingerprint density at radius 3 is 2.36 bits per heavy atom. The van der Waals surface area contributed by atoms with Gasteiger partial charge >= 0.3 is 6.09 Å². The summed E-state index contributed by atoms with van der Waals surface area (Å²) >= 11 is 0. The van der Waals surface area contributed by atoms with E-state index in [2.05, 4.69) is 20.9 Å². The minimum absolute atomic E-state index is 0.0586. The lowest BCUT2D eigenvalue weighted by atomic mass is 9.99. The third-order valence-corrected chi connectivity index (χ3v) is 7.45. The van der Waals surface area contributed by atoms with Crippen LogP contribution in [0.1, 0.15) is 35.6 Å². The number of anilines is 2. The molecule has 5 rings (SSSR count). The van der Waals surface area contributed by atoms with E-state index in [1.54, 1.807) is 12.1 Å². The van der Waals surface area contributed by atoms with Gasteiger partial charge in [-0.25, -0.2) is 4.79 Å². The topological polar surface area (TPSA) is 164 Å². The van der Waals surface area contributed by atoms with Gasteiger partial charge in [0.2, 0.25) is 11.5 Å². The molecule has 0 unspecified atom stereocenters. The second kappa shape index (κ2) is 14.3. The molecule has 0 saturated heterocycles. The van der Waals surface area contributed by atoms with Gasteiger partial charge in [-0.2, -0.15) is 0 Å². The minimum Gasteiger partial charge on any atom is -0.506 e. The molecule has 4 aromatic carbocycles. The highest BCUT2D eigenvalue weighted by Crippen LogP contribution is 2.30. The molecule has 230 valence electrons. The molecule has 1 aromatic heterocycles. The highest BCUT2D eigenvalue weighted by molar-refractivity contribution is 5.91. The Kier molecular flexibility index (Phi) is 9.88. The average molecular weight is 607 g/mol. The predicted molar refractivity (Wildman–Crippen MR) is 174 cm³/mol. The SMILES string of the molecule is O=C(O)Nc1cc(CCCC(=O)Nc2ccc(CNC[C@H](O)c3ccc(O)c4[nH]c(=O)ccc34)cc2)ccc1-c1ccccc1. The maximum absolute atomic E-state index is 12.6. The van der Waals surface area contributed by atoms with Crippen LogP contribution in [0.4, 0.5) is 16.2 Å². The molecule has 0 aliphatic heterocycles. The number of phenols is 1. The Labute approximate surface area is 259 Å². The zero-order valence-electron chi connectivity index (χ0n) is 24.4. The lowest BCUT2D eigenvalue weighted by molar-refractivity contribution is -0.116. The molecular formula is C35H34N4O6. The number of fused-ring (bicyclic) bond motifs is 1. The number of benzene rings is 4. The van der Waals surface area contributed by atoms with Crippen LogP contribution < -0.4 is 21.5 Å². The van der Waals surface area contributed by atoms with Crippen LogP contribution >= 0.6 is 0 Å². The number of aromatic hydroxyl groups is 1. The van der Waals surface area contributed by atoms with Gasteiger partial charge in [0, 0.05) is 42.2 Å². The van der Waals surface area contributed by atoms with Crippen molar-refractivity contribution in [1.82, 2.24) is 10.3 Å². The number of aliphatic hydroxyl groups excluding tert-OH is 1. The summed E-state index contributed by atoms with van der Waals surface area (Å²) in [6.45, 7) is 0.736. The predicted octanol–water partition coefficient (Wildman–Crippen LogP) is 5.78. The standard InChI is InChI=1S/C35H34N4O6/c40-30-17-15-27(28-16-18-33(43)39-34(28)30)31(41)21-36-20-23-9-12-25(13-10-23)37-32(42)8-4-5-22-11-14-26(24-6-2-1-3-7-24)29(19-22)38-35(44)45/h1-3,6-7,9-19,31,36,38,40-41H,4-5,8,20-21H2,(H,37,42)(H,39,43)(H,44,45)/t31-/m0/s1. The lowest BCUT2D eigenvalue weighted by Gasteiger charge is -2.15. The van der Waals surface area contributed by atoms with Gasteiger partial charge in [-0.1, -0.05) is 60.7 Å². The van der Waals surface area contributed by atoms with Crippen molar-refractivity contribution in [1.29, 1.82) is 0 Å². The van der Waals surface area contributed by atoms with Crippen LogP contribution in [0, 0.1) is 0 Å². The van der Waals surface area contributed by atoms with Crippen molar-refractivity contribution in [2.75, 3.05) is 17.2 Å². The van der Waals surface area contributed by atoms with Gasteiger partial charge in [0.15, 0.2) is 0 Å². The summed E-state index contributed by atoms with van der Waals surface area (Å²) in [7, 11) is 0. The molecule has 0 fully saturated rings. The van der Waals surface area contributed by atoms with Gasteiger partial charge in [0.25, 0.3) is 0 Å². The monoisotopic (exact) mass is 606 g/mol. The summed E-state index contributed by atoms with van der Waals surface area (Å²) in [6.07, 6.45) is -0.474. The van der Waals surface area contributed by atoms with E-state index in [9.17, 15) is 29.7 Å². The molecule has 0 spiro atoms. The Bertz CT molecular complexity index is 1850. The Balaban J connectivity index is 1.09. The van der Waals surface area contributed by atoms with Crippen LogP contribution in [0.15, 0.2) is 102 Å². The van der Waals surface area contributed by atoms with Crippen LogP contribution in [0.3, 0.4) is 0 Å². The molecule has 10 nitrogen and oxygen atoms in total. The van der Waals surface area contributed by atoms with E-state index < -0.39 is 12.2 Å². The van der Waals surface area contributed by atoms with Crippen LogP contribution in [-0.2, 0) is 17.8 Å². The number of hydrogen-bond acceptors (Lipinski definition) is 6. The number of nitrogens with one attached hydrogen (secondary N) is 4. The summed E-state index contributed by atoms with van der Waals surface area (Å²) in [5.41, 5.74) is 5.32. The summed E-state index contributed by atoms with van der Waals surface area (Å²) in [5.74, 6) is -0.173. The fourth-order valence-corrected chi connectivity index (χ4v) is 5.23. The Hall–Kier alpha value is -5.45. The fraction of sp³-hybridized carbons (Fsp3) is 0.171.